The average molecular weight is 462 g/mol. The first-order valence-corrected chi connectivity index (χ1v) is 11.9. The number of aromatic amines is 2. The van der Waals surface area contributed by atoms with Crippen molar-refractivity contribution in [2.24, 2.45) is 0 Å². The topological polar surface area (TPSA) is 97.0 Å². The predicted molar refractivity (Wildman–Crippen MR) is 128 cm³/mol. The molecule has 2 aliphatic rings. The van der Waals surface area contributed by atoms with Crippen LogP contribution in [0.25, 0.3) is 33.5 Å². The molecule has 3 N–H and O–H groups in total. The third-order valence-electron chi connectivity index (χ3n) is 7.44. The number of aromatic nitrogens is 5. The molecule has 2 aromatic heterocycles. The van der Waals surface area contributed by atoms with Crippen LogP contribution in [-0.2, 0) is 13.0 Å². The smallest absolute Gasteiger partial charge is 0.202 e. The summed E-state index contributed by atoms with van der Waals surface area (Å²) in [4.78, 5) is 9.56. The number of fused-ring (bicyclic) bond motifs is 3. The van der Waals surface area contributed by atoms with Crippen molar-refractivity contribution in [2.45, 2.75) is 44.8 Å². The largest absolute Gasteiger partial charge is 0.508 e. The molecule has 4 aromatic rings. The van der Waals surface area contributed by atoms with Crippen molar-refractivity contribution in [3.8, 4) is 28.4 Å². The molecular weight excluding hydrogens is 433 g/mol. The Morgan fingerprint density at radius 1 is 1.09 bits per heavy atom. The SMILES string of the molecule is CCc1cc(O)ccc1-c1cc(F)c2c(-c3n[nH]c(CN4CC5CCC(C4)N5C)n3)n[nH]c2c1. The molecule has 0 radical (unpaired) electrons. The Bertz CT molecular complexity index is 1350. The number of benzene rings is 2. The summed E-state index contributed by atoms with van der Waals surface area (Å²) in [6.07, 6.45) is 3.24. The van der Waals surface area contributed by atoms with Crippen LogP contribution in [0, 0.1) is 5.82 Å². The first-order chi connectivity index (χ1) is 16.5. The molecule has 0 amide bonds. The van der Waals surface area contributed by atoms with Gasteiger partial charge in [-0.1, -0.05) is 13.0 Å². The van der Waals surface area contributed by atoms with Crippen LogP contribution in [0.3, 0.4) is 0 Å². The van der Waals surface area contributed by atoms with Crippen molar-refractivity contribution in [3.63, 3.8) is 0 Å². The van der Waals surface area contributed by atoms with Gasteiger partial charge in [-0.3, -0.25) is 20.0 Å². The number of piperazine rings is 1. The van der Waals surface area contributed by atoms with Crippen molar-refractivity contribution in [1.29, 1.82) is 0 Å². The fourth-order valence-electron chi connectivity index (χ4n) is 5.59. The molecule has 9 heteroatoms. The number of rotatable bonds is 5. The summed E-state index contributed by atoms with van der Waals surface area (Å²) in [6, 6.07) is 9.78. The molecule has 0 aliphatic carbocycles. The Morgan fingerprint density at radius 2 is 1.88 bits per heavy atom. The van der Waals surface area contributed by atoms with Gasteiger partial charge >= 0.3 is 0 Å². The van der Waals surface area contributed by atoms with Gasteiger partial charge in [-0.05, 0) is 67.3 Å². The number of phenolic OH excluding ortho intramolecular Hbond substituents is 1. The van der Waals surface area contributed by atoms with Crippen LogP contribution in [0.2, 0.25) is 0 Å². The molecule has 2 fully saturated rings. The van der Waals surface area contributed by atoms with E-state index in [0.29, 0.717) is 41.0 Å². The van der Waals surface area contributed by atoms with E-state index in [1.807, 2.05) is 19.1 Å². The summed E-state index contributed by atoms with van der Waals surface area (Å²) in [6.45, 7) is 4.77. The minimum atomic E-state index is -0.381. The molecule has 2 aromatic carbocycles. The Hall–Kier alpha value is -3.30. The maximum Gasteiger partial charge on any atom is 0.202 e. The first kappa shape index (κ1) is 21.2. The van der Waals surface area contributed by atoms with Crippen LogP contribution in [0.5, 0.6) is 5.75 Å². The predicted octanol–water partition coefficient (Wildman–Crippen LogP) is 3.70. The van der Waals surface area contributed by atoms with Gasteiger partial charge in [0.2, 0.25) is 5.82 Å². The number of phenols is 1. The lowest BCUT2D eigenvalue weighted by molar-refractivity contribution is 0.0820. The molecule has 4 heterocycles. The molecule has 2 aliphatic heterocycles. The number of aromatic hydroxyl groups is 1. The zero-order chi connectivity index (χ0) is 23.4. The van der Waals surface area contributed by atoms with Crippen molar-refractivity contribution in [2.75, 3.05) is 20.1 Å². The summed E-state index contributed by atoms with van der Waals surface area (Å²) in [5.74, 6) is 0.983. The van der Waals surface area contributed by atoms with Gasteiger partial charge < -0.3 is 5.11 Å². The maximum absolute atomic E-state index is 15.3. The van der Waals surface area contributed by atoms with Gasteiger partial charge in [-0.25, -0.2) is 9.37 Å². The molecule has 34 heavy (non-hydrogen) atoms. The lowest BCUT2D eigenvalue weighted by atomic mass is 9.96. The van der Waals surface area contributed by atoms with E-state index in [2.05, 4.69) is 42.2 Å². The fourth-order valence-corrected chi connectivity index (χ4v) is 5.59. The molecule has 176 valence electrons. The summed E-state index contributed by atoms with van der Waals surface area (Å²) in [5, 5.41) is 24.9. The van der Waals surface area contributed by atoms with Crippen LogP contribution in [0.4, 0.5) is 4.39 Å². The lowest BCUT2D eigenvalue weighted by Crippen LogP contribution is -2.51. The number of hydrogen-bond acceptors (Lipinski definition) is 6. The zero-order valence-corrected chi connectivity index (χ0v) is 19.3. The van der Waals surface area contributed by atoms with Crippen molar-refractivity contribution in [3.05, 3.63) is 47.5 Å². The third-order valence-corrected chi connectivity index (χ3v) is 7.44. The molecule has 6 rings (SSSR count). The molecule has 2 atom stereocenters. The average Bonchev–Trinajstić information content (AvgIpc) is 3.50. The Labute approximate surface area is 196 Å². The number of nitrogens with zero attached hydrogens (tertiary/aromatic N) is 5. The van der Waals surface area contributed by atoms with Crippen LogP contribution >= 0.6 is 0 Å². The quantitative estimate of drug-likeness (QED) is 0.419. The fraction of sp³-hybridized carbons (Fsp3) is 0.400. The molecule has 0 spiro atoms. The number of nitrogens with one attached hydrogen (secondary N) is 2. The van der Waals surface area contributed by atoms with Crippen molar-refractivity contribution >= 4 is 10.9 Å². The second kappa shape index (κ2) is 8.18. The van der Waals surface area contributed by atoms with E-state index in [-0.39, 0.29) is 11.6 Å². The van der Waals surface area contributed by atoms with E-state index in [9.17, 15) is 5.11 Å². The second-order valence-electron chi connectivity index (χ2n) is 9.50. The number of likely N-dealkylation sites (N-methyl/N-ethyl adjacent to an activating group) is 1. The molecule has 2 saturated heterocycles. The minimum absolute atomic E-state index is 0.204. The molecular formula is C25H28FN7O. The highest BCUT2D eigenvalue weighted by Crippen LogP contribution is 2.34. The monoisotopic (exact) mass is 461 g/mol. The number of H-pyrrole nitrogens is 2. The van der Waals surface area contributed by atoms with E-state index < -0.39 is 0 Å². The highest BCUT2D eigenvalue weighted by atomic mass is 19.1. The number of hydrogen-bond donors (Lipinski definition) is 3. The van der Waals surface area contributed by atoms with Gasteiger partial charge in [0.05, 0.1) is 17.4 Å². The van der Waals surface area contributed by atoms with Crippen molar-refractivity contribution < 1.29 is 9.50 Å². The Balaban J connectivity index is 1.28. The van der Waals surface area contributed by atoms with Crippen molar-refractivity contribution in [1.82, 2.24) is 35.2 Å². The summed E-state index contributed by atoms with van der Waals surface area (Å²) in [7, 11) is 2.22. The molecule has 2 bridgehead atoms. The number of aryl methyl sites for hydroxylation is 1. The van der Waals surface area contributed by atoms with Gasteiger partial charge in [0.25, 0.3) is 0 Å². The van der Waals surface area contributed by atoms with Gasteiger partial charge in [0.15, 0.2) is 0 Å². The number of likely N-dealkylation sites (tertiary alicyclic amines) is 1. The molecule has 8 nitrogen and oxygen atoms in total. The van der Waals surface area contributed by atoms with Gasteiger partial charge in [0, 0.05) is 25.2 Å². The second-order valence-corrected chi connectivity index (χ2v) is 9.50. The summed E-state index contributed by atoms with van der Waals surface area (Å²) < 4.78 is 15.3. The number of halogens is 1. The summed E-state index contributed by atoms with van der Waals surface area (Å²) in [5.41, 5.74) is 3.56. The van der Waals surface area contributed by atoms with E-state index >= 15 is 4.39 Å². The minimum Gasteiger partial charge on any atom is -0.508 e. The normalized spacial score (nSPS) is 21.0. The lowest BCUT2D eigenvalue weighted by Gasteiger charge is -2.38. The molecule has 0 saturated carbocycles. The third kappa shape index (κ3) is 3.56. The van der Waals surface area contributed by atoms with E-state index in [4.69, 9.17) is 0 Å². The highest BCUT2D eigenvalue weighted by Gasteiger charge is 2.37. The molecule has 2 unspecified atom stereocenters. The van der Waals surface area contributed by atoms with E-state index in [1.54, 1.807) is 12.1 Å². The van der Waals surface area contributed by atoms with Gasteiger partial charge in [0.1, 0.15) is 23.1 Å². The highest BCUT2D eigenvalue weighted by molar-refractivity contribution is 5.94. The zero-order valence-electron chi connectivity index (χ0n) is 19.3. The van der Waals surface area contributed by atoms with E-state index in [1.165, 1.54) is 18.9 Å². The van der Waals surface area contributed by atoms with Gasteiger partial charge in [-0.15, -0.1) is 0 Å². The van der Waals surface area contributed by atoms with Crippen LogP contribution < -0.4 is 0 Å². The first-order valence-electron chi connectivity index (χ1n) is 11.9. The standard InChI is InChI=1S/C25H28FN7O/c1-3-14-8-18(34)6-7-19(14)15-9-20(26)23-21(10-15)28-30-24(23)25-27-22(29-31-25)13-33-11-16-4-5-17(12-33)32(16)2/h6-10,16-17,34H,3-5,11-13H2,1-2H3,(H,28,30)(H,27,29,31). The van der Waals surface area contributed by atoms with Gasteiger partial charge in [-0.2, -0.15) is 10.2 Å². The summed E-state index contributed by atoms with van der Waals surface area (Å²) >= 11 is 0. The van der Waals surface area contributed by atoms with E-state index in [0.717, 1.165) is 42.0 Å². The maximum atomic E-state index is 15.3. The van der Waals surface area contributed by atoms with Crippen LogP contribution in [0.1, 0.15) is 31.2 Å². The van der Waals surface area contributed by atoms with Crippen LogP contribution in [0.15, 0.2) is 30.3 Å². The Kier molecular flexibility index (Phi) is 5.11. The Morgan fingerprint density at radius 3 is 2.65 bits per heavy atom. The van der Waals surface area contributed by atoms with Crippen LogP contribution in [-0.4, -0.2) is 72.5 Å².